The Morgan fingerprint density at radius 2 is 1.97 bits per heavy atom. The van der Waals surface area contributed by atoms with Crippen molar-refractivity contribution in [2.75, 3.05) is 49.6 Å². The lowest BCUT2D eigenvalue weighted by atomic mass is 10.2. The van der Waals surface area contributed by atoms with Gasteiger partial charge >= 0.3 is 6.01 Å². The van der Waals surface area contributed by atoms with Gasteiger partial charge in [-0.15, -0.1) is 0 Å². The number of allylic oxidation sites excluding steroid dienone is 1. The van der Waals surface area contributed by atoms with Gasteiger partial charge < -0.3 is 19.9 Å². The fourth-order valence-corrected chi connectivity index (χ4v) is 4.52. The van der Waals surface area contributed by atoms with Crippen molar-refractivity contribution in [1.82, 2.24) is 30.0 Å². The Kier molecular flexibility index (Phi) is 7.06. The predicted molar refractivity (Wildman–Crippen MR) is 141 cm³/mol. The highest BCUT2D eigenvalue weighted by molar-refractivity contribution is 6.37. The summed E-state index contributed by atoms with van der Waals surface area (Å²) in [4.78, 5) is 16.8. The number of H-pyrrole nitrogens is 2. The summed E-state index contributed by atoms with van der Waals surface area (Å²) >= 11 is 6.66. The largest absolute Gasteiger partial charge is 0.423 e. The summed E-state index contributed by atoms with van der Waals surface area (Å²) in [5.41, 5.74) is 2.82. The molecule has 9 nitrogen and oxygen atoms in total. The maximum absolute atomic E-state index is 12.8. The van der Waals surface area contributed by atoms with E-state index in [0.29, 0.717) is 34.8 Å². The number of hydrogen-bond donors (Lipinski definition) is 3. The van der Waals surface area contributed by atoms with Crippen LogP contribution in [-0.2, 0) is 0 Å². The van der Waals surface area contributed by atoms with Gasteiger partial charge in [-0.25, -0.2) is 4.39 Å². The van der Waals surface area contributed by atoms with Gasteiger partial charge in [0, 0.05) is 61.5 Å². The number of benzene rings is 1. The highest BCUT2D eigenvalue weighted by Gasteiger charge is 2.20. The number of nitrogens with one attached hydrogen (secondary N) is 3. The van der Waals surface area contributed by atoms with Crippen LogP contribution in [0.5, 0.6) is 11.8 Å². The average molecular weight is 511 g/mol. The zero-order valence-electron chi connectivity index (χ0n) is 20.2. The van der Waals surface area contributed by atoms with Crippen LogP contribution in [0.25, 0.3) is 17.0 Å². The average Bonchev–Trinajstić information content (AvgIpc) is 3.47. The summed E-state index contributed by atoms with van der Waals surface area (Å²) in [7, 11) is 0. The quantitative estimate of drug-likeness (QED) is 0.296. The maximum Gasteiger partial charge on any atom is 0.325 e. The SMILES string of the molecule is C/C=C/c1cc(Nc2cc(N3CCN(CCF)CC3)nc(Oc3ccc4[nH]c(C)cc4c3Cl)n2)n[nH]1. The van der Waals surface area contributed by atoms with Crippen LogP contribution in [0.2, 0.25) is 5.02 Å². The van der Waals surface area contributed by atoms with Crippen LogP contribution >= 0.6 is 11.6 Å². The Bertz CT molecular complexity index is 1380. The van der Waals surface area contributed by atoms with E-state index in [9.17, 15) is 4.39 Å². The summed E-state index contributed by atoms with van der Waals surface area (Å²) < 4.78 is 18.9. The molecule has 0 bridgehead atoms. The van der Waals surface area contributed by atoms with Crippen LogP contribution in [0.1, 0.15) is 18.3 Å². The first kappa shape index (κ1) is 24.1. The van der Waals surface area contributed by atoms with Crippen molar-refractivity contribution in [2.45, 2.75) is 13.8 Å². The standard InChI is InChI=1S/C25H28ClFN8O/c1-3-4-17-14-22(33-32-17)29-21-15-23(35-11-9-34(8-7-27)10-12-35)31-25(30-21)36-20-6-5-19-18(24(20)26)13-16(2)28-19/h3-6,13-15,28H,7-12H2,1-2H3,(H2,29,30,31,32,33)/b4-3+. The van der Waals surface area contributed by atoms with E-state index in [-0.39, 0.29) is 12.7 Å². The number of ether oxygens (including phenoxy) is 1. The molecule has 4 heterocycles. The molecule has 0 spiro atoms. The van der Waals surface area contributed by atoms with E-state index >= 15 is 0 Å². The number of aryl methyl sites for hydroxylation is 1. The van der Waals surface area contributed by atoms with Gasteiger partial charge in [0.15, 0.2) is 5.82 Å². The summed E-state index contributed by atoms with van der Waals surface area (Å²) in [5, 5.41) is 11.9. The fourth-order valence-electron chi connectivity index (χ4n) is 4.27. The first-order valence-corrected chi connectivity index (χ1v) is 12.2. The number of aromatic amines is 2. The molecule has 1 aliphatic rings. The molecule has 1 aliphatic heterocycles. The van der Waals surface area contributed by atoms with Gasteiger partial charge in [0.05, 0.1) is 10.7 Å². The van der Waals surface area contributed by atoms with Crippen molar-refractivity contribution in [3.63, 3.8) is 0 Å². The molecule has 0 radical (unpaired) electrons. The molecule has 0 aliphatic carbocycles. The lowest BCUT2D eigenvalue weighted by Crippen LogP contribution is -2.47. The van der Waals surface area contributed by atoms with Crippen molar-refractivity contribution < 1.29 is 9.13 Å². The van der Waals surface area contributed by atoms with E-state index in [1.807, 2.05) is 50.3 Å². The van der Waals surface area contributed by atoms with Gasteiger partial charge in [0.1, 0.15) is 24.1 Å². The van der Waals surface area contributed by atoms with Gasteiger partial charge in [0.2, 0.25) is 0 Å². The van der Waals surface area contributed by atoms with Crippen molar-refractivity contribution in [2.24, 2.45) is 0 Å². The van der Waals surface area contributed by atoms with Gasteiger partial charge in [-0.2, -0.15) is 15.1 Å². The van der Waals surface area contributed by atoms with Gasteiger partial charge in [-0.3, -0.25) is 10.00 Å². The molecule has 1 fully saturated rings. The Hall–Kier alpha value is -3.63. The highest BCUT2D eigenvalue weighted by Crippen LogP contribution is 2.36. The molecule has 3 N–H and O–H groups in total. The summed E-state index contributed by atoms with van der Waals surface area (Å²) in [6.07, 6.45) is 3.86. The molecule has 0 saturated carbocycles. The van der Waals surface area contributed by atoms with Gasteiger partial charge in [0.25, 0.3) is 0 Å². The number of fused-ring (bicyclic) bond motifs is 1. The topological polar surface area (TPSA) is 98.0 Å². The normalized spacial score (nSPS) is 14.7. The molecule has 36 heavy (non-hydrogen) atoms. The maximum atomic E-state index is 12.8. The molecule has 0 amide bonds. The molecule has 11 heteroatoms. The van der Waals surface area contributed by atoms with Crippen molar-refractivity contribution >= 4 is 46.0 Å². The molecule has 3 aromatic heterocycles. The lowest BCUT2D eigenvalue weighted by Gasteiger charge is -2.35. The van der Waals surface area contributed by atoms with Crippen LogP contribution in [0.15, 0.2) is 36.4 Å². The van der Waals surface area contributed by atoms with Crippen LogP contribution in [0.4, 0.5) is 21.8 Å². The van der Waals surface area contributed by atoms with Crippen molar-refractivity contribution in [3.8, 4) is 11.8 Å². The molecule has 1 saturated heterocycles. The first-order valence-electron chi connectivity index (χ1n) is 11.9. The predicted octanol–water partition coefficient (Wildman–Crippen LogP) is 5.30. The van der Waals surface area contributed by atoms with E-state index in [1.54, 1.807) is 6.07 Å². The van der Waals surface area contributed by atoms with E-state index in [4.69, 9.17) is 16.3 Å². The first-order chi connectivity index (χ1) is 17.5. The Balaban J connectivity index is 1.45. The second-order valence-electron chi connectivity index (χ2n) is 8.64. The summed E-state index contributed by atoms with van der Waals surface area (Å²) in [6, 6.07) is 9.61. The molecular formula is C25H28ClFN8O. The minimum Gasteiger partial charge on any atom is -0.423 e. The number of alkyl halides is 1. The van der Waals surface area contributed by atoms with E-state index in [2.05, 4.69) is 40.3 Å². The molecule has 4 aromatic rings. The third-order valence-corrected chi connectivity index (χ3v) is 6.42. The minimum atomic E-state index is -0.343. The molecule has 1 aromatic carbocycles. The number of rotatable bonds is 8. The van der Waals surface area contributed by atoms with E-state index < -0.39 is 0 Å². The molecule has 0 atom stereocenters. The number of aromatic nitrogens is 5. The zero-order valence-corrected chi connectivity index (χ0v) is 20.9. The third-order valence-electron chi connectivity index (χ3n) is 6.03. The Labute approximate surface area is 213 Å². The van der Waals surface area contributed by atoms with Gasteiger partial charge in [-0.1, -0.05) is 17.7 Å². The van der Waals surface area contributed by atoms with Crippen LogP contribution in [0, 0.1) is 6.92 Å². The summed E-state index contributed by atoms with van der Waals surface area (Å²) in [6.45, 7) is 6.99. The second-order valence-corrected chi connectivity index (χ2v) is 9.02. The number of halogens is 2. The number of anilines is 3. The molecule has 5 rings (SSSR count). The Morgan fingerprint density at radius 1 is 1.14 bits per heavy atom. The zero-order chi connectivity index (χ0) is 25.1. The summed E-state index contributed by atoms with van der Waals surface area (Å²) in [5.74, 6) is 2.33. The minimum absolute atomic E-state index is 0.166. The monoisotopic (exact) mass is 510 g/mol. The van der Waals surface area contributed by atoms with Crippen LogP contribution < -0.4 is 15.0 Å². The smallest absolute Gasteiger partial charge is 0.325 e. The third kappa shape index (κ3) is 5.29. The van der Waals surface area contributed by atoms with Crippen molar-refractivity contribution in [3.05, 3.63) is 52.8 Å². The van der Waals surface area contributed by atoms with Crippen LogP contribution in [0.3, 0.4) is 0 Å². The second kappa shape index (κ2) is 10.5. The number of nitrogens with zero attached hydrogens (tertiary/aromatic N) is 5. The molecule has 0 unspecified atom stereocenters. The number of piperazine rings is 1. The van der Waals surface area contributed by atoms with Crippen LogP contribution in [-0.4, -0.2) is 69.4 Å². The fraction of sp³-hybridized carbons (Fsp3) is 0.320. The lowest BCUT2D eigenvalue weighted by molar-refractivity contribution is 0.235. The van der Waals surface area contributed by atoms with E-state index in [1.165, 1.54) is 0 Å². The van der Waals surface area contributed by atoms with Crippen molar-refractivity contribution in [1.29, 1.82) is 0 Å². The molecule has 188 valence electrons. The Morgan fingerprint density at radius 3 is 2.75 bits per heavy atom. The van der Waals surface area contributed by atoms with Gasteiger partial charge in [-0.05, 0) is 38.1 Å². The highest BCUT2D eigenvalue weighted by atomic mass is 35.5. The van der Waals surface area contributed by atoms with E-state index in [0.717, 1.165) is 48.5 Å². The molecular weight excluding hydrogens is 483 g/mol. The number of hydrogen-bond acceptors (Lipinski definition) is 7.